The number of unbranched alkanes of at least 4 members (excludes halogenated alkanes) is 1. The fourth-order valence-electron chi connectivity index (χ4n) is 2.90. The van der Waals surface area contributed by atoms with Gasteiger partial charge in [0, 0.05) is 12.7 Å². The van der Waals surface area contributed by atoms with E-state index in [1.807, 2.05) is 34.7 Å². The lowest BCUT2D eigenvalue weighted by molar-refractivity contribution is 0.622. The van der Waals surface area contributed by atoms with E-state index < -0.39 is 0 Å². The Morgan fingerprint density at radius 2 is 2.00 bits per heavy atom. The van der Waals surface area contributed by atoms with Crippen LogP contribution in [0.4, 0.5) is 0 Å². The third kappa shape index (κ3) is 1.75. The quantitative estimate of drug-likeness (QED) is 0.583. The zero-order valence-corrected chi connectivity index (χ0v) is 12.4. The summed E-state index contributed by atoms with van der Waals surface area (Å²) < 4.78 is 3.76. The van der Waals surface area contributed by atoms with E-state index in [0.717, 1.165) is 23.9 Å². The third-order valence-corrected chi connectivity index (χ3v) is 3.99. The topological polar surface area (TPSA) is 52.2 Å². The van der Waals surface area contributed by atoms with Crippen molar-refractivity contribution < 1.29 is 0 Å². The number of aryl methyl sites for hydroxylation is 1. The summed E-state index contributed by atoms with van der Waals surface area (Å²) >= 11 is 0. The predicted molar refractivity (Wildman–Crippen MR) is 87.2 cm³/mol. The van der Waals surface area contributed by atoms with Crippen LogP contribution in [0.15, 0.2) is 47.4 Å². The zero-order valence-electron chi connectivity index (χ0n) is 12.4. The molecule has 0 bridgehead atoms. The highest BCUT2D eigenvalue weighted by Crippen LogP contribution is 2.20. The van der Waals surface area contributed by atoms with E-state index >= 15 is 0 Å². The number of benzene rings is 1. The minimum Gasteiger partial charge on any atom is -0.278 e. The molecule has 0 atom stereocenters. The molecular formula is C17H16N4O. The second-order valence-corrected chi connectivity index (χ2v) is 5.42. The van der Waals surface area contributed by atoms with Crippen LogP contribution in [0.3, 0.4) is 0 Å². The maximum absolute atomic E-state index is 12.8. The average Bonchev–Trinajstić information content (AvgIpc) is 2.94. The molecule has 5 nitrogen and oxygen atoms in total. The van der Waals surface area contributed by atoms with E-state index in [1.54, 1.807) is 16.8 Å². The monoisotopic (exact) mass is 292 g/mol. The summed E-state index contributed by atoms with van der Waals surface area (Å²) in [6.45, 7) is 2.79. The Hall–Kier alpha value is -2.69. The van der Waals surface area contributed by atoms with Gasteiger partial charge >= 0.3 is 0 Å². The Kier molecular flexibility index (Phi) is 2.92. The average molecular weight is 292 g/mol. The van der Waals surface area contributed by atoms with Gasteiger partial charge in [-0.15, -0.1) is 0 Å². The lowest BCUT2D eigenvalue weighted by atomic mass is 10.3. The van der Waals surface area contributed by atoms with Gasteiger partial charge in [-0.05, 0) is 30.7 Å². The van der Waals surface area contributed by atoms with Gasteiger partial charge in [-0.1, -0.05) is 25.5 Å². The highest BCUT2D eigenvalue weighted by molar-refractivity contribution is 5.87. The molecule has 0 radical (unpaired) electrons. The lowest BCUT2D eigenvalue weighted by Crippen LogP contribution is -2.23. The minimum atomic E-state index is -0.0145. The van der Waals surface area contributed by atoms with Crippen molar-refractivity contribution in [1.29, 1.82) is 0 Å². The number of pyridine rings is 1. The fourth-order valence-corrected chi connectivity index (χ4v) is 2.90. The van der Waals surface area contributed by atoms with Crippen LogP contribution in [0, 0.1) is 0 Å². The highest BCUT2D eigenvalue weighted by Gasteiger charge is 2.15. The normalized spacial score (nSPS) is 11.7. The number of fused-ring (bicyclic) bond motifs is 5. The first-order valence-electron chi connectivity index (χ1n) is 7.56. The van der Waals surface area contributed by atoms with Crippen LogP contribution >= 0.6 is 0 Å². The van der Waals surface area contributed by atoms with E-state index in [1.165, 1.54) is 0 Å². The van der Waals surface area contributed by atoms with Crippen molar-refractivity contribution in [3.05, 3.63) is 52.9 Å². The predicted octanol–water partition coefficient (Wildman–Crippen LogP) is 3.00. The van der Waals surface area contributed by atoms with Crippen molar-refractivity contribution in [3.63, 3.8) is 0 Å². The molecule has 110 valence electrons. The Morgan fingerprint density at radius 1 is 1.14 bits per heavy atom. The molecule has 0 aliphatic heterocycles. The molecule has 0 fully saturated rings. The Bertz CT molecular complexity index is 1050. The van der Waals surface area contributed by atoms with Gasteiger partial charge in [0.1, 0.15) is 0 Å². The second-order valence-electron chi connectivity index (χ2n) is 5.42. The van der Waals surface area contributed by atoms with Crippen LogP contribution in [-0.4, -0.2) is 18.9 Å². The van der Waals surface area contributed by atoms with E-state index in [2.05, 4.69) is 16.9 Å². The second kappa shape index (κ2) is 4.94. The summed E-state index contributed by atoms with van der Waals surface area (Å²) in [5.74, 6) is 0.672. The summed E-state index contributed by atoms with van der Waals surface area (Å²) in [5.41, 5.74) is 2.51. The van der Waals surface area contributed by atoms with Gasteiger partial charge in [-0.3, -0.25) is 13.8 Å². The van der Waals surface area contributed by atoms with Gasteiger partial charge in [0.05, 0.1) is 16.4 Å². The molecule has 0 spiro atoms. The standard InChI is InChI=1S/C17H16N4O/c1-2-3-11-20-16(22)12-7-6-10-18-15(12)21-14-9-5-4-8-13(14)19-17(20)21/h4-10H,2-3,11H2,1H3. The molecule has 0 aliphatic rings. The molecule has 0 amide bonds. The van der Waals surface area contributed by atoms with Crippen molar-refractivity contribution >= 4 is 27.8 Å². The summed E-state index contributed by atoms with van der Waals surface area (Å²) in [6, 6.07) is 11.6. The Labute approximate surface area is 126 Å². The molecule has 0 aliphatic carbocycles. The molecule has 22 heavy (non-hydrogen) atoms. The molecule has 1 aromatic carbocycles. The molecule has 0 N–H and O–H groups in total. The van der Waals surface area contributed by atoms with Crippen LogP contribution < -0.4 is 5.56 Å². The summed E-state index contributed by atoms with van der Waals surface area (Å²) in [6.07, 6.45) is 3.70. The van der Waals surface area contributed by atoms with Crippen molar-refractivity contribution in [2.45, 2.75) is 26.3 Å². The highest BCUT2D eigenvalue weighted by atomic mass is 16.1. The van der Waals surface area contributed by atoms with Crippen LogP contribution in [0.25, 0.3) is 27.8 Å². The molecule has 3 heterocycles. The van der Waals surface area contributed by atoms with E-state index in [-0.39, 0.29) is 5.56 Å². The van der Waals surface area contributed by atoms with Gasteiger partial charge < -0.3 is 0 Å². The number of rotatable bonds is 3. The number of para-hydroxylation sites is 2. The zero-order chi connectivity index (χ0) is 15.1. The molecule has 0 saturated heterocycles. The van der Waals surface area contributed by atoms with Crippen molar-refractivity contribution in [2.24, 2.45) is 0 Å². The molecule has 0 saturated carbocycles. The van der Waals surface area contributed by atoms with Crippen LogP contribution in [0.2, 0.25) is 0 Å². The molecule has 4 aromatic rings. The first-order valence-corrected chi connectivity index (χ1v) is 7.56. The Morgan fingerprint density at radius 3 is 2.86 bits per heavy atom. The number of hydrogen-bond acceptors (Lipinski definition) is 3. The van der Waals surface area contributed by atoms with Gasteiger partial charge in [-0.2, -0.15) is 0 Å². The SMILES string of the molecule is CCCCn1c(=O)c2cccnc2n2c3ccccc3nc12. The third-order valence-electron chi connectivity index (χ3n) is 3.99. The number of imidazole rings is 1. The van der Waals surface area contributed by atoms with Gasteiger partial charge in [0.2, 0.25) is 5.78 Å². The molecular weight excluding hydrogens is 276 g/mol. The van der Waals surface area contributed by atoms with E-state index in [0.29, 0.717) is 23.4 Å². The van der Waals surface area contributed by atoms with Crippen LogP contribution in [0.5, 0.6) is 0 Å². The molecule has 0 unspecified atom stereocenters. The largest absolute Gasteiger partial charge is 0.278 e. The first-order chi connectivity index (χ1) is 10.8. The number of aromatic nitrogens is 4. The van der Waals surface area contributed by atoms with E-state index in [4.69, 9.17) is 0 Å². The van der Waals surface area contributed by atoms with Crippen molar-refractivity contribution in [2.75, 3.05) is 0 Å². The molecule has 3 aromatic heterocycles. The van der Waals surface area contributed by atoms with Crippen molar-refractivity contribution in [1.82, 2.24) is 18.9 Å². The smallest absolute Gasteiger partial charge is 0.264 e. The first kappa shape index (κ1) is 13.0. The lowest BCUT2D eigenvalue weighted by Gasteiger charge is -2.09. The Balaban J connectivity index is 2.25. The number of nitrogens with zero attached hydrogens (tertiary/aromatic N) is 4. The number of hydrogen-bond donors (Lipinski definition) is 0. The van der Waals surface area contributed by atoms with Crippen LogP contribution in [-0.2, 0) is 6.54 Å². The van der Waals surface area contributed by atoms with Crippen LogP contribution in [0.1, 0.15) is 19.8 Å². The fraction of sp³-hybridized carbons (Fsp3) is 0.235. The maximum Gasteiger partial charge on any atom is 0.264 e. The van der Waals surface area contributed by atoms with Gasteiger partial charge in [-0.25, -0.2) is 9.97 Å². The van der Waals surface area contributed by atoms with Gasteiger partial charge in [0.15, 0.2) is 5.65 Å². The summed E-state index contributed by atoms with van der Waals surface area (Å²) in [4.78, 5) is 21.9. The maximum atomic E-state index is 12.8. The van der Waals surface area contributed by atoms with Crippen molar-refractivity contribution in [3.8, 4) is 0 Å². The summed E-state index contributed by atoms with van der Waals surface area (Å²) in [7, 11) is 0. The van der Waals surface area contributed by atoms with Gasteiger partial charge in [0.25, 0.3) is 5.56 Å². The summed E-state index contributed by atoms with van der Waals surface area (Å²) in [5, 5.41) is 0.634. The minimum absolute atomic E-state index is 0.0145. The molecule has 5 heteroatoms. The molecule has 4 rings (SSSR count). The van der Waals surface area contributed by atoms with E-state index in [9.17, 15) is 4.79 Å².